The van der Waals surface area contributed by atoms with Crippen molar-refractivity contribution in [1.29, 1.82) is 0 Å². The Morgan fingerprint density at radius 1 is 1.21 bits per heavy atom. The van der Waals surface area contributed by atoms with Gasteiger partial charge in [-0.1, -0.05) is 23.7 Å². The molecule has 24 heavy (non-hydrogen) atoms. The maximum Gasteiger partial charge on any atom is 0.358 e. The molecule has 0 fully saturated rings. The van der Waals surface area contributed by atoms with Crippen molar-refractivity contribution in [3.63, 3.8) is 0 Å². The van der Waals surface area contributed by atoms with Gasteiger partial charge in [-0.2, -0.15) is 0 Å². The van der Waals surface area contributed by atoms with Crippen LogP contribution in [-0.2, 0) is 13.1 Å². The number of fused-ring (bicyclic) bond motifs is 3. The highest BCUT2D eigenvalue weighted by Crippen LogP contribution is 2.21. The molecule has 4 rings (SSSR count). The van der Waals surface area contributed by atoms with E-state index in [-0.39, 0.29) is 6.61 Å². The van der Waals surface area contributed by atoms with E-state index < -0.39 is 6.10 Å². The molecule has 1 aromatic heterocycles. The third-order valence-corrected chi connectivity index (χ3v) is 4.49. The molecule has 2 N–H and O–H groups in total. The van der Waals surface area contributed by atoms with Crippen LogP contribution in [0.3, 0.4) is 0 Å². The first-order valence-electron chi connectivity index (χ1n) is 8.04. The highest BCUT2D eigenvalue weighted by Gasteiger charge is 2.28. The van der Waals surface area contributed by atoms with Crippen LogP contribution in [0.1, 0.15) is 0 Å². The minimum absolute atomic E-state index is 0.230. The van der Waals surface area contributed by atoms with E-state index in [0.29, 0.717) is 17.3 Å². The van der Waals surface area contributed by atoms with Crippen molar-refractivity contribution in [2.24, 2.45) is 0 Å². The molecule has 2 aromatic carbocycles. The van der Waals surface area contributed by atoms with E-state index in [1.54, 1.807) is 24.3 Å². The van der Waals surface area contributed by atoms with Gasteiger partial charge in [0.15, 0.2) is 0 Å². The van der Waals surface area contributed by atoms with Gasteiger partial charge in [0, 0.05) is 5.02 Å². The van der Waals surface area contributed by atoms with Gasteiger partial charge in [-0.3, -0.25) is 5.32 Å². The maximum atomic E-state index is 10.4. The first kappa shape index (κ1) is 15.3. The second-order valence-corrected chi connectivity index (χ2v) is 6.36. The zero-order chi connectivity index (χ0) is 16.5. The van der Waals surface area contributed by atoms with Crippen LogP contribution in [0.15, 0.2) is 48.5 Å². The molecule has 2 heterocycles. The predicted octanol–water partition coefficient (Wildman–Crippen LogP) is 2.45. The van der Waals surface area contributed by atoms with Crippen LogP contribution in [0, 0.1) is 0 Å². The molecule has 1 aliphatic rings. The standard InChI is InChI=1S/C18H18ClN3O2/c19-13-5-7-15(8-6-13)24-12-14(23)11-22-17-4-2-1-3-16(17)21-10-9-20-18(21)22/h1-8,14,23H,9-12H2/p+1/t14-/m1/s1. The van der Waals surface area contributed by atoms with E-state index in [1.807, 2.05) is 12.1 Å². The maximum absolute atomic E-state index is 10.4. The molecule has 0 radical (unpaired) electrons. The summed E-state index contributed by atoms with van der Waals surface area (Å²) in [6.07, 6.45) is -0.608. The number of hydrogen-bond donors (Lipinski definition) is 2. The van der Waals surface area contributed by atoms with Crippen molar-refractivity contribution in [3.05, 3.63) is 53.6 Å². The zero-order valence-electron chi connectivity index (χ0n) is 13.2. The van der Waals surface area contributed by atoms with Gasteiger partial charge in [0.1, 0.15) is 42.6 Å². The molecule has 0 bridgehead atoms. The summed E-state index contributed by atoms with van der Waals surface area (Å²) in [6, 6.07) is 15.4. The fourth-order valence-electron chi connectivity index (χ4n) is 3.16. The van der Waals surface area contributed by atoms with Crippen LogP contribution in [0.25, 0.3) is 11.0 Å². The van der Waals surface area contributed by atoms with Crippen molar-refractivity contribution >= 4 is 28.6 Å². The van der Waals surface area contributed by atoms with E-state index in [1.165, 1.54) is 5.52 Å². The molecule has 3 aromatic rings. The lowest BCUT2D eigenvalue weighted by Gasteiger charge is -2.12. The summed E-state index contributed by atoms with van der Waals surface area (Å²) in [7, 11) is 0. The second kappa shape index (κ2) is 6.34. The molecule has 0 saturated heterocycles. The van der Waals surface area contributed by atoms with Gasteiger partial charge < -0.3 is 9.84 Å². The molecule has 0 unspecified atom stereocenters. The molecule has 6 heteroatoms. The third kappa shape index (κ3) is 2.81. The number of anilines is 1. The van der Waals surface area contributed by atoms with Gasteiger partial charge in [-0.05, 0) is 36.4 Å². The third-order valence-electron chi connectivity index (χ3n) is 4.24. The average molecular weight is 345 g/mol. The van der Waals surface area contributed by atoms with Gasteiger partial charge in [-0.15, -0.1) is 0 Å². The normalized spacial score (nSPS) is 14.4. The summed E-state index contributed by atoms with van der Waals surface area (Å²) in [5.41, 5.74) is 2.30. The Balaban J connectivity index is 1.51. The number of aromatic nitrogens is 2. The molecule has 0 saturated carbocycles. The summed E-state index contributed by atoms with van der Waals surface area (Å²) < 4.78 is 10.0. The van der Waals surface area contributed by atoms with Crippen molar-refractivity contribution < 1.29 is 14.4 Å². The zero-order valence-corrected chi connectivity index (χ0v) is 13.9. The number of aliphatic hydroxyl groups excluding tert-OH is 1. The van der Waals surface area contributed by atoms with E-state index in [4.69, 9.17) is 16.3 Å². The van der Waals surface area contributed by atoms with E-state index in [0.717, 1.165) is 24.6 Å². The smallest absolute Gasteiger partial charge is 0.358 e. The van der Waals surface area contributed by atoms with E-state index >= 15 is 0 Å². The van der Waals surface area contributed by atoms with E-state index in [2.05, 4.69) is 26.6 Å². The molecular weight excluding hydrogens is 326 g/mol. The summed E-state index contributed by atoms with van der Waals surface area (Å²) in [4.78, 5) is 0. The second-order valence-electron chi connectivity index (χ2n) is 5.92. The summed E-state index contributed by atoms with van der Waals surface area (Å²) in [5.74, 6) is 1.75. The molecule has 1 aliphatic heterocycles. The van der Waals surface area contributed by atoms with Crippen LogP contribution >= 0.6 is 11.6 Å². The van der Waals surface area contributed by atoms with Crippen molar-refractivity contribution in [2.75, 3.05) is 18.5 Å². The fourth-order valence-corrected chi connectivity index (χ4v) is 3.29. The lowest BCUT2D eigenvalue weighted by atomic mass is 10.3. The minimum atomic E-state index is -0.608. The fraction of sp³-hybridized carbons (Fsp3) is 0.278. The first-order valence-corrected chi connectivity index (χ1v) is 8.41. The Hall–Kier alpha value is -2.24. The van der Waals surface area contributed by atoms with Gasteiger partial charge in [-0.25, -0.2) is 9.13 Å². The number of rotatable bonds is 5. The van der Waals surface area contributed by atoms with Crippen LogP contribution in [0.5, 0.6) is 5.75 Å². The van der Waals surface area contributed by atoms with Crippen molar-refractivity contribution in [3.8, 4) is 5.75 Å². The number of benzene rings is 2. The Morgan fingerprint density at radius 2 is 2.00 bits per heavy atom. The quantitative estimate of drug-likeness (QED) is 0.699. The number of imidazole rings is 1. The largest absolute Gasteiger partial charge is 0.491 e. The molecule has 124 valence electrons. The molecule has 0 aliphatic carbocycles. The Morgan fingerprint density at radius 3 is 2.83 bits per heavy atom. The van der Waals surface area contributed by atoms with Crippen molar-refractivity contribution in [1.82, 2.24) is 4.57 Å². The van der Waals surface area contributed by atoms with Gasteiger partial charge in [0.2, 0.25) is 0 Å². The Kier molecular flexibility index (Phi) is 4.04. The molecule has 5 nitrogen and oxygen atoms in total. The SMILES string of the molecule is O[C@@H](COc1ccc(Cl)cc1)Cn1c2[n+](c3ccccc31)CCN2. The molecular formula is C18H19ClN3O2+. The monoisotopic (exact) mass is 344 g/mol. The van der Waals surface area contributed by atoms with Crippen LogP contribution in [-0.4, -0.2) is 28.9 Å². The van der Waals surface area contributed by atoms with Crippen LogP contribution in [0.4, 0.5) is 5.95 Å². The highest BCUT2D eigenvalue weighted by atomic mass is 35.5. The van der Waals surface area contributed by atoms with Crippen molar-refractivity contribution in [2.45, 2.75) is 19.2 Å². The number of hydrogen-bond acceptors (Lipinski definition) is 3. The number of para-hydroxylation sites is 2. The Bertz CT molecular complexity index is 861. The lowest BCUT2D eigenvalue weighted by molar-refractivity contribution is -0.644. The molecule has 0 amide bonds. The van der Waals surface area contributed by atoms with Crippen LogP contribution in [0.2, 0.25) is 5.02 Å². The predicted molar refractivity (Wildman–Crippen MR) is 93.6 cm³/mol. The van der Waals surface area contributed by atoms with Crippen LogP contribution < -0.4 is 14.6 Å². The van der Waals surface area contributed by atoms with Gasteiger partial charge >= 0.3 is 5.95 Å². The number of nitrogens with zero attached hydrogens (tertiary/aromatic N) is 2. The number of ether oxygens (including phenoxy) is 1. The Labute approximate surface area is 145 Å². The number of aliphatic hydroxyl groups is 1. The summed E-state index contributed by atoms with van der Waals surface area (Å²) in [6.45, 7) is 2.56. The summed E-state index contributed by atoms with van der Waals surface area (Å²) in [5, 5.41) is 14.5. The lowest BCUT2D eigenvalue weighted by Crippen LogP contribution is -2.30. The topological polar surface area (TPSA) is 50.3 Å². The van der Waals surface area contributed by atoms with Gasteiger partial charge in [0.25, 0.3) is 0 Å². The minimum Gasteiger partial charge on any atom is -0.491 e. The highest BCUT2D eigenvalue weighted by molar-refractivity contribution is 6.30. The average Bonchev–Trinajstić information content (AvgIpc) is 3.18. The molecule has 0 spiro atoms. The summed E-state index contributed by atoms with van der Waals surface area (Å²) >= 11 is 5.86. The van der Waals surface area contributed by atoms with E-state index in [9.17, 15) is 5.11 Å². The number of halogens is 1. The molecule has 1 atom stereocenters. The number of nitrogens with one attached hydrogen (secondary N) is 1. The first-order chi connectivity index (χ1) is 11.7. The van der Waals surface area contributed by atoms with Gasteiger partial charge in [0.05, 0.1) is 6.54 Å².